The fourth-order valence-corrected chi connectivity index (χ4v) is 2.23. The molecule has 1 atom stereocenters. The van der Waals surface area contributed by atoms with Crippen LogP contribution >= 0.6 is 23.2 Å². The van der Waals surface area contributed by atoms with Crippen LogP contribution in [-0.2, 0) is 0 Å². The quantitative estimate of drug-likeness (QED) is 0.901. The second-order valence-electron chi connectivity index (χ2n) is 4.37. The smallest absolute Gasteiger partial charge is 0.254 e. The zero-order valence-electron chi connectivity index (χ0n) is 10.8. The molecule has 2 aromatic carbocycles. The van der Waals surface area contributed by atoms with Gasteiger partial charge in [-0.2, -0.15) is 0 Å². The molecule has 0 bridgehead atoms. The normalized spacial score (nSPS) is 12.0. The molecule has 2 rings (SSSR count). The molecular formula is C15H12Cl2FNO2. The summed E-state index contributed by atoms with van der Waals surface area (Å²) in [5, 5.41) is 13.1. The van der Waals surface area contributed by atoms with Gasteiger partial charge < -0.3 is 10.4 Å². The van der Waals surface area contributed by atoms with E-state index in [1.165, 1.54) is 12.1 Å². The third-order valence-corrected chi connectivity index (χ3v) is 3.48. The molecule has 1 unspecified atom stereocenters. The van der Waals surface area contributed by atoms with Gasteiger partial charge in [-0.3, -0.25) is 4.79 Å². The first-order chi connectivity index (χ1) is 9.99. The van der Waals surface area contributed by atoms with Crippen molar-refractivity contribution in [2.75, 3.05) is 6.54 Å². The molecule has 0 saturated heterocycles. The van der Waals surface area contributed by atoms with Crippen molar-refractivity contribution in [3.8, 4) is 0 Å². The molecule has 0 aliphatic rings. The molecular weight excluding hydrogens is 316 g/mol. The van der Waals surface area contributed by atoms with E-state index >= 15 is 0 Å². The zero-order chi connectivity index (χ0) is 15.4. The average Bonchev–Trinajstić information content (AvgIpc) is 2.45. The highest BCUT2D eigenvalue weighted by molar-refractivity contribution is 6.31. The minimum absolute atomic E-state index is 0.0787. The van der Waals surface area contributed by atoms with Crippen LogP contribution in [0, 0.1) is 5.82 Å². The Kier molecular flexibility index (Phi) is 5.17. The van der Waals surface area contributed by atoms with Gasteiger partial charge in [-0.25, -0.2) is 4.39 Å². The highest BCUT2D eigenvalue weighted by Crippen LogP contribution is 2.22. The topological polar surface area (TPSA) is 49.3 Å². The molecule has 2 N–H and O–H groups in total. The second kappa shape index (κ2) is 6.89. The van der Waals surface area contributed by atoms with Crippen molar-refractivity contribution in [2.24, 2.45) is 0 Å². The van der Waals surface area contributed by atoms with Crippen LogP contribution in [0.3, 0.4) is 0 Å². The SMILES string of the molecule is O=C(NCC(O)c1ccccc1Cl)c1ccc(Cl)cc1F. The molecule has 3 nitrogen and oxygen atoms in total. The largest absolute Gasteiger partial charge is 0.387 e. The number of rotatable bonds is 4. The highest BCUT2D eigenvalue weighted by Gasteiger charge is 2.15. The van der Waals surface area contributed by atoms with Crippen molar-refractivity contribution >= 4 is 29.1 Å². The number of nitrogens with one attached hydrogen (secondary N) is 1. The van der Waals surface area contributed by atoms with Gasteiger partial charge in [0, 0.05) is 22.2 Å². The number of carbonyl (C=O) groups is 1. The van der Waals surface area contributed by atoms with Crippen LogP contribution in [0.5, 0.6) is 0 Å². The molecule has 1 amide bonds. The van der Waals surface area contributed by atoms with Crippen LogP contribution in [-0.4, -0.2) is 17.6 Å². The Morgan fingerprint density at radius 1 is 1.24 bits per heavy atom. The van der Waals surface area contributed by atoms with Crippen LogP contribution < -0.4 is 5.32 Å². The fraction of sp³-hybridized carbons (Fsp3) is 0.133. The van der Waals surface area contributed by atoms with Crippen LogP contribution in [0.1, 0.15) is 22.0 Å². The van der Waals surface area contributed by atoms with Crippen LogP contribution in [0.4, 0.5) is 4.39 Å². The van der Waals surface area contributed by atoms with E-state index in [1.807, 2.05) is 0 Å². The lowest BCUT2D eigenvalue weighted by atomic mass is 10.1. The van der Waals surface area contributed by atoms with E-state index < -0.39 is 17.8 Å². The van der Waals surface area contributed by atoms with E-state index in [2.05, 4.69) is 5.32 Å². The lowest BCUT2D eigenvalue weighted by Gasteiger charge is -2.14. The maximum atomic E-state index is 13.6. The average molecular weight is 328 g/mol. The molecule has 0 heterocycles. The third-order valence-electron chi connectivity index (χ3n) is 2.90. The Hall–Kier alpha value is -1.62. The van der Waals surface area contributed by atoms with Gasteiger partial charge in [-0.15, -0.1) is 0 Å². The van der Waals surface area contributed by atoms with Crippen molar-refractivity contribution in [2.45, 2.75) is 6.10 Å². The molecule has 0 fully saturated rings. The molecule has 0 saturated carbocycles. The number of carbonyl (C=O) groups excluding carboxylic acids is 1. The van der Waals surface area contributed by atoms with Crippen molar-refractivity contribution in [1.29, 1.82) is 0 Å². The molecule has 0 radical (unpaired) electrons. The maximum absolute atomic E-state index is 13.6. The summed E-state index contributed by atoms with van der Waals surface area (Å²) in [5.74, 6) is -1.34. The summed E-state index contributed by atoms with van der Waals surface area (Å²) in [4.78, 5) is 11.9. The molecule has 2 aromatic rings. The second-order valence-corrected chi connectivity index (χ2v) is 5.22. The number of benzene rings is 2. The Morgan fingerprint density at radius 2 is 1.95 bits per heavy atom. The summed E-state index contributed by atoms with van der Waals surface area (Å²) in [6.45, 7) is -0.0787. The molecule has 0 aliphatic carbocycles. The van der Waals surface area contributed by atoms with Crippen molar-refractivity contribution in [1.82, 2.24) is 5.32 Å². The van der Waals surface area contributed by atoms with Crippen LogP contribution in [0.2, 0.25) is 10.0 Å². The summed E-state index contributed by atoms with van der Waals surface area (Å²) in [6.07, 6.45) is -0.974. The number of amides is 1. The highest BCUT2D eigenvalue weighted by atomic mass is 35.5. The van der Waals surface area contributed by atoms with Gasteiger partial charge in [0.25, 0.3) is 5.91 Å². The number of hydrogen-bond acceptors (Lipinski definition) is 2. The Labute approximate surface area is 131 Å². The number of aliphatic hydroxyl groups excluding tert-OH is 1. The zero-order valence-corrected chi connectivity index (χ0v) is 12.3. The molecule has 110 valence electrons. The number of hydrogen-bond donors (Lipinski definition) is 2. The van der Waals surface area contributed by atoms with E-state index in [-0.39, 0.29) is 17.1 Å². The van der Waals surface area contributed by atoms with Crippen molar-refractivity contribution < 1.29 is 14.3 Å². The van der Waals surface area contributed by atoms with Gasteiger partial charge >= 0.3 is 0 Å². The minimum atomic E-state index is -0.974. The summed E-state index contributed by atoms with van der Waals surface area (Å²) in [7, 11) is 0. The molecule has 0 aromatic heterocycles. The van der Waals surface area contributed by atoms with Gasteiger partial charge in [0.15, 0.2) is 0 Å². The summed E-state index contributed by atoms with van der Waals surface area (Å²) in [5.41, 5.74) is 0.363. The molecule has 0 aliphatic heterocycles. The first-order valence-corrected chi connectivity index (χ1v) is 6.90. The van der Waals surface area contributed by atoms with Crippen molar-refractivity contribution in [3.05, 3.63) is 69.5 Å². The Balaban J connectivity index is 2.02. The molecule has 6 heteroatoms. The van der Waals surface area contributed by atoms with Gasteiger partial charge in [0.05, 0.1) is 11.7 Å². The lowest BCUT2D eigenvalue weighted by molar-refractivity contribution is 0.0912. The predicted molar refractivity (Wildman–Crippen MR) is 80.2 cm³/mol. The molecule has 21 heavy (non-hydrogen) atoms. The van der Waals surface area contributed by atoms with E-state index in [0.717, 1.165) is 6.07 Å². The molecule has 0 spiro atoms. The van der Waals surface area contributed by atoms with E-state index in [9.17, 15) is 14.3 Å². The van der Waals surface area contributed by atoms with E-state index in [4.69, 9.17) is 23.2 Å². The monoisotopic (exact) mass is 327 g/mol. The number of aliphatic hydroxyl groups is 1. The maximum Gasteiger partial charge on any atom is 0.254 e. The third kappa shape index (κ3) is 3.94. The van der Waals surface area contributed by atoms with Gasteiger partial charge in [-0.1, -0.05) is 41.4 Å². The van der Waals surface area contributed by atoms with Crippen LogP contribution in [0.15, 0.2) is 42.5 Å². The fourth-order valence-electron chi connectivity index (χ4n) is 1.81. The first kappa shape index (κ1) is 15.8. The van der Waals surface area contributed by atoms with Crippen LogP contribution in [0.25, 0.3) is 0 Å². The van der Waals surface area contributed by atoms with Gasteiger partial charge in [0.1, 0.15) is 5.82 Å². The van der Waals surface area contributed by atoms with E-state index in [1.54, 1.807) is 24.3 Å². The van der Waals surface area contributed by atoms with E-state index in [0.29, 0.717) is 10.6 Å². The van der Waals surface area contributed by atoms with Crippen molar-refractivity contribution in [3.63, 3.8) is 0 Å². The predicted octanol–water partition coefficient (Wildman–Crippen LogP) is 3.60. The van der Waals surface area contributed by atoms with Gasteiger partial charge in [0.2, 0.25) is 0 Å². The first-order valence-electron chi connectivity index (χ1n) is 6.15. The lowest BCUT2D eigenvalue weighted by Crippen LogP contribution is -2.29. The minimum Gasteiger partial charge on any atom is -0.387 e. The standard InChI is InChI=1S/C15H12Cl2FNO2/c16-9-5-6-11(13(18)7-9)15(21)19-8-14(20)10-3-1-2-4-12(10)17/h1-7,14,20H,8H2,(H,19,21). The Bertz CT molecular complexity index is 664. The summed E-state index contributed by atoms with van der Waals surface area (Å²) < 4.78 is 13.6. The number of halogens is 3. The van der Waals surface area contributed by atoms with Gasteiger partial charge in [-0.05, 0) is 24.3 Å². The Morgan fingerprint density at radius 3 is 2.62 bits per heavy atom. The summed E-state index contributed by atoms with van der Waals surface area (Å²) in [6, 6.07) is 10.5. The summed E-state index contributed by atoms with van der Waals surface area (Å²) >= 11 is 11.6.